The van der Waals surface area contributed by atoms with Crippen molar-refractivity contribution in [3.63, 3.8) is 0 Å². The van der Waals surface area contributed by atoms with Gasteiger partial charge < -0.3 is 4.90 Å². The number of thioether (sulfide) groups is 1. The van der Waals surface area contributed by atoms with E-state index in [1.165, 1.54) is 11.1 Å². The fourth-order valence-corrected chi connectivity index (χ4v) is 4.40. The lowest BCUT2D eigenvalue weighted by Crippen LogP contribution is -2.57. The van der Waals surface area contributed by atoms with Crippen molar-refractivity contribution in [3.05, 3.63) is 96.1 Å². The molecule has 0 bridgehead atoms. The Morgan fingerprint density at radius 1 is 0.800 bits per heavy atom. The summed E-state index contributed by atoms with van der Waals surface area (Å²) in [5, 5.41) is -0.0923. The Bertz CT molecular complexity index is 862. The third kappa shape index (κ3) is 3.08. The highest BCUT2D eigenvalue weighted by Crippen LogP contribution is 2.47. The molecule has 3 aromatic rings. The van der Waals surface area contributed by atoms with Gasteiger partial charge in [-0.3, -0.25) is 4.79 Å². The first kappa shape index (κ1) is 16.0. The van der Waals surface area contributed by atoms with Gasteiger partial charge in [0.1, 0.15) is 5.25 Å². The van der Waals surface area contributed by atoms with Crippen LogP contribution in [0.4, 0.5) is 5.69 Å². The minimum absolute atomic E-state index is 0.0578. The maximum Gasteiger partial charge on any atom is 0.243 e. The molecule has 4 rings (SSSR count). The third-order valence-electron chi connectivity index (χ3n) is 4.51. The maximum atomic E-state index is 12.9. The summed E-state index contributed by atoms with van der Waals surface area (Å²) < 4.78 is 0. The predicted molar refractivity (Wildman–Crippen MR) is 104 cm³/mol. The zero-order chi connectivity index (χ0) is 17.2. The number of β-lactam (4-membered cyclic amide) rings is 1. The number of nitrogens with zero attached hydrogens (tertiary/aromatic N) is 1. The van der Waals surface area contributed by atoms with Crippen LogP contribution in [0.5, 0.6) is 0 Å². The average molecular weight is 345 g/mol. The van der Waals surface area contributed by atoms with Crippen molar-refractivity contribution in [2.45, 2.75) is 23.1 Å². The summed E-state index contributed by atoms with van der Waals surface area (Å²) in [5.74, 6) is 0.172. The highest BCUT2D eigenvalue weighted by Gasteiger charge is 2.49. The standard InChI is InChI=1S/C22H19NOS/c1-16-12-14-19(15-13-16)25-21-20(17-8-4-2-5-9-17)23(22(21)24)18-10-6-3-7-11-18/h2-15,20-21H,1H3/t20-,21+/m1/s1. The number of aryl methyl sites for hydroxylation is 1. The number of hydrogen-bond donors (Lipinski definition) is 0. The second-order valence-electron chi connectivity index (χ2n) is 6.25. The fraction of sp³-hybridized carbons (Fsp3) is 0.136. The van der Waals surface area contributed by atoms with Gasteiger partial charge in [0.2, 0.25) is 5.91 Å². The quantitative estimate of drug-likeness (QED) is 0.602. The molecule has 0 unspecified atom stereocenters. The van der Waals surface area contributed by atoms with Crippen molar-refractivity contribution >= 4 is 23.4 Å². The van der Waals surface area contributed by atoms with Gasteiger partial charge in [-0.2, -0.15) is 0 Å². The lowest BCUT2D eigenvalue weighted by atomic mass is 9.92. The van der Waals surface area contributed by atoms with E-state index < -0.39 is 0 Å². The Morgan fingerprint density at radius 2 is 1.40 bits per heavy atom. The Balaban J connectivity index is 1.66. The van der Waals surface area contributed by atoms with Gasteiger partial charge >= 0.3 is 0 Å². The number of para-hydroxylation sites is 1. The van der Waals surface area contributed by atoms with E-state index in [0.29, 0.717) is 0 Å². The molecule has 1 amide bonds. The van der Waals surface area contributed by atoms with Gasteiger partial charge in [0.05, 0.1) is 6.04 Å². The molecule has 0 spiro atoms. The van der Waals surface area contributed by atoms with Gasteiger partial charge in [-0.05, 0) is 36.8 Å². The van der Waals surface area contributed by atoms with Crippen molar-refractivity contribution in [1.29, 1.82) is 0 Å². The predicted octanol–water partition coefficient (Wildman–Crippen LogP) is 5.24. The lowest BCUT2D eigenvalue weighted by molar-refractivity contribution is -0.123. The van der Waals surface area contributed by atoms with Crippen LogP contribution in [0.25, 0.3) is 0 Å². The molecule has 0 aliphatic carbocycles. The van der Waals surface area contributed by atoms with Crippen LogP contribution in [-0.4, -0.2) is 11.2 Å². The lowest BCUT2D eigenvalue weighted by Gasteiger charge is -2.47. The van der Waals surface area contributed by atoms with Gasteiger partial charge in [-0.25, -0.2) is 0 Å². The number of benzene rings is 3. The molecule has 124 valence electrons. The van der Waals surface area contributed by atoms with Gasteiger partial charge in [-0.15, -0.1) is 11.8 Å². The molecule has 1 fully saturated rings. The maximum absolute atomic E-state index is 12.9. The summed E-state index contributed by atoms with van der Waals surface area (Å²) in [6, 6.07) is 28.7. The van der Waals surface area contributed by atoms with Crippen LogP contribution in [0, 0.1) is 6.92 Å². The number of carbonyl (C=O) groups is 1. The molecule has 3 aromatic carbocycles. The summed E-state index contributed by atoms with van der Waals surface area (Å²) in [4.78, 5) is 16.0. The van der Waals surface area contributed by atoms with Crippen LogP contribution in [0.1, 0.15) is 17.2 Å². The molecule has 0 N–H and O–H groups in total. The molecule has 2 nitrogen and oxygen atoms in total. The molecule has 1 aliphatic rings. The topological polar surface area (TPSA) is 20.3 Å². The largest absolute Gasteiger partial charge is 0.302 e. The monoisotopic (exact) mass is 345 g/mol. The SMILES string of the molecule is Cc1ccc(S[C@@H]2C(=O)N(c3ccccc3)[C@@H]2c2ccccc2)cc1. The van der Waals surface area contributed by atoms with Crippen LogP contribution in [0.15, 0.2) is 89.8 Å². The van der Waals surface area contributed by atoms with E-state index in [9.17, 15) is 4.79 Å². The highest BCUT2D eigenvalue weighted by atomic mass is 32.2. The Kier molecular flexibility index (Phi) is 4.33. The Hall–Kier alpha value is -2.52. The number of rotatable bonds is 4. The molecular weight excluding hydrogens is 326 g/mol. The molecule has 1 saturated heterocycles. The summed E-state index contributed by atoms with van der Waals surface area (Å²) in [7, 11) is 0. The summed E-state index contributed by atoms with van der Waals surface area (Å²) in [5.41, 5.74) is 3.37. The number of hydrogen-bond acceptors (Lipinski definition) is 2. The molecule has 0 radical (unpaired) electrons. The molecule has 2 atom stereocenters. The first-order chi connectivity index (χ1) is 12.2. The van der Waals surface area contributed by atoms with E-state index in [0.717, 1.165) is 10.6 Å². The second-order valence-corrected chi connectivity index (χ2v) is 7.47. The summed E-state index contributed by atoms with van der Waals surface area (Å²) >= 11 is 1.66. The number of amides is 1. The van der Waals surface area contributed by atoms with Crippen LogP contribution in [-0.2, 0) is 4.79 Å². The van der Waals surface area contributed by atoms with Gasteiger partial charge in [0.25, 0.3) is 0 Å². The van der Waals surface area contributed by atoms with E-state index in [4.69, 9.17) is 0 Å². The normalized spacial score (nSPS) is 19.6. The zero-order valence-electron chi connectivity index (χ0n) is 14.0. The summed E-state index contributed by atoms with van der Waals surface area (Å²) in [6.45, 7) is 2.08. The molecule has 0 aromatic heterocycles. The van der Waals surface area contributed by atoms with Crippen LogP contribution in [0.3, 0.4) is 0 Å². The Morgan fingerprint density at radius 3 is 2.04 bits per heavy atom. The van der Waals surface area contributed by atoms with Crippen LogP contribution < -0.4 is 4.90 Å². The van der Waals surface area contributed by atoms with Crippen LogP contribution in [0.2, 0.25) is 0 Å². The van der Waals surface area contributed by atoms with Crippen molar-refractivity contribution in [1.82, 2.24) is 0 Å². The van der Waals surface area contributed by atoms with E-state index in [2.05, 4.69) is 43.3 Å². The molecular formula is C22H19NOS. The Labute approximate surface area is 152 Å². The minimum atomic E-state index is -0.0923. The molecule has 0 saturated carbocycles. The first-order valence-electron chi connectivity index (χ1n) is 8.40. The summed E-state index contributed by atoms with van der Waals surface area (Å²) in [6.07, 6.45) is 0. The van der Waals surface area contributed by atoms with E-state index in [-0.39, 0.29) is 17.2 Å². The smallest absolute Gasteiger partial charge is 0.243 e. The van der Waals surface area contributed by atoms with Gasteiger partial charge in [-0.1, -0.05) is 66.2 Å². The second kappa shape index (κ2) is 6.77. The van der Waals surface area contributed by atoms with Crippen molar-refractivity contribution in [2.24, 2.45) is 0 Å². The van der Waals surface area contributed by atoms with E-state index in [1.807, 2.05) is 53.4 Å². The van der Waals surface area contributed by atoms with Gasteiger partial charge in [0, 0.05) is 10.6 Å². The first-order valence-corrected chi connectivity index (χ1v) is 9.28. The highest BCUT2D eigenvalue weighted by molar-refractivity contribution is 8.00. The van der Waals surface area contributed by atoms with Gasteiger partial charge in [0.15, 0.2) is 0 Å². The number of carbonyl (C=O) groups excluding carboxylic acids is 1. The zero-order valence-corrected chi connectivity index (χ0v) is 14.8. The van der Waals surface area contributed by atoms with E-state index >= 15 is 0 Å². The molecule has 1 heterocycles. The van der Waals surface area contributed by atoms with Crippen molar-refractivity contribution < 1.29 is 4.79 Å². The molecule has 3 heteroatoms. The minimum Gasteiger partial charge on any atom is -0.302 e. The average Bonchev–Trinajstić information content (AvgIpc) is 2.66. The van der Waals surface area contributed by atoms with Crippen LogP contribution >= 0.6 is 11.8 Å². The van der Waals surface area contributed by atoms with Crippen molar-refractivity contribution in [3.8, 4) is 0 Å². The number of anilines is 1. The van der Waals surface area contributed by atoms with Crippen molar-refractivity contribution in [2.75, 3.05) is 4.90 Å². The molecule has 25 heavy (non-hydrogen) atoms. The fourth-order valence-electron chi connectivity index (χ4n) is 3.19. The van der Waals surface area contributed by atoms with E-state index in [1.54, 1.807) is 11.8 Å². The molecule has 1 aliphatic heterocycles. The third-order valence-corrected chi connectivity index (χ3v) is 5.76.